The number of benzene rings is 1. The fraction of sp³-hybridized carbons (Fsp3) is 0.417. The molecule has 0 radical (unpaired) electrons. The predicted molar refractivity (Wildman–Crippen MR) is 69.7 cm³/mol. The van der Waals surface area contributed by atoms with E-state index < -0.39 is 41.0 Å². The average Bonchev–Trinajstić information content (AvgIpc) is 2.34. The largest absolute Gasteiger partial charge is 0.389 e. The van der Waals surface area contributed by atoms with Crippen molar-refractivity contribution >= 4 is 15.9 Å². The highest BCUT2D eigenvalue weighted by Gasteiger charge is 2.28. The molecule has 0 aromatic heterocycles. The van der Waals surface area contributed by atoms with Gasteiger partial charge in [-0.2, -0.15) is 13.2 Å². The highest BCUT2D eigenvalue weighted by atomic mass is 32.2. The first kappa shape index (κ1) is 17.4. The van der Waals surface area contributed by atoms with Crippen LogP contribution >= 0.6 is 0 Å². The minimum Gasteiger partial charge on any atom is -0.350 e. The van der Waals surface area contributed by atoms with Crippen LogP contribution in [-0.4, -0.2) is 20.5 Å². The van der Waals surface area contributed by atoms with Crippen molar-refractivity contribution in [2.24, 2.45) is 5.14 Å². The molecule has 0 spiro atoms. The monoisotopic (exact) mass is 324 g/mol. The molecule has 21 heavy (non-hydrogen) atoms. The third-order valence-corrected chi connectivity index (χ3v) is 3.61. The van der Waals surface area contributed by atoms with Crippen LogP contribution in [0, 0.1) is 0 Å². The smallest absolute Gasteiger partial charge is 0.350 e. The van der Waals surface area contributed by atoms with E-state index in [0.29, 0.717) is 5.56 Å². The van der Waals surface area contributed by atoms with Crippen LogP contribution in [0.5, 0.6) is 0 Å². The predicted octanol–water partition coefficient (Wildman–Crippen LogP) is 1.85. The molecule has 0 saturated heterocycles. The molecule has 3 N–H and O–H groups in total. The molecule has 0 heterocycles. The van der Waals surface area contributed by atoms with Crippen LogP contribution in [0.1, 0.15) is 31.4 Å². The van der Waals surface area contributed by atoms with E-state index in [2.05, 4.69) is 5.32 Å². The Kier molecular flexibility index (Phi) is 5.35. The van der Waals surface area contributed by atoms with Gasteiger partial charge in [0.1, 0.15) is 0 Å². The van der Waals surface area contributed by atoms with Gasteiger partial charge in [0.2, 0.25) is 15.9 Å². The molecule has 0 fully saturated rings. The molecule has 118 valence electrons. The number of hydrogen-bond donors (Lipinski definition) is 2. The Balaban J connectivity index is 2.72. The molecule has 0 aliphatic carbocycles. The third-order valence-electron chi connectivity index (χ3n) is 2.70. The quantitative estimate of drug-likeness (QED) is 0.866. The fourth-order valence-corrected chi connectivity index (χ4v) is 2.18. The standard InChI is InChI=1S/C12H15F3N2O3S/c1-8(17-11(18)5-6-12(13,14)15)9-3-2-4-10(7-9)21(16,19)20/h2-4,7-8H,5-6H2,1H3,(H,17,18)(H2,16,19,20). The van der Waals surface area contributed by atoms with E-state index in [1.54, 1.807) is 6.07 Å². The second-order valence-corrected chi connectivity index (χ2v) is 6.08. The first-order valence-corrected chi connectivity index (χ1v) is 7.52. The summed E-state index contributed by atoms with van der Waals surface area (Å²) in [5, 5.41) is 7.36. The Morgan fingerprint density at radius 3 is 2.52 bits per heavy atom. The Labute approximate surface area is 120 Å². The van der Waals surface area contributed by atoms with Crippen molar-refractivity contribution in [3.8, 4) is 0 Å². The summed E-state index contributed by atoms with van der Waals surface area (Å²) in [6, 6.07) is 4.91. The van der Waals surface area contributed by atoms with Gasteiger partial charge in [-0.25, -0.2) is 13.6 Å². The molecule has 0 bridgehead atoms. The molecular weight excluding hydrogens is 309 g/mol. The maximum atomic E-state index is 12.0. The number of rotatable bonds is 5. The minimum absolute atomic E-state index is 0.128. The van der Waals surface area contributed by atoms with E-state index in [-0.39, 0.29) is 4.90 Å². The molecule has 1 unspecified atom stereocenters. The van der Waals surface area contributed by atoms with Crippen molar-refractivity contribution < 1.29 is 26.4 Å². The molecule has 0 saturated carbocycles. The van der Waals surface area contributed by atoms with E-state index in [1.165, 1.54) is 25.1 Å². The number of alkyl halides is 3. The lowest BCUT2D eigenvalue weighted by molar-refractivity contribution is -0.144. The third kappa shape index (κ3) is 6.13. The number of nitrogens with two attached hydrogens (primary N) is 1. The second kappa shape index (κ2) is 6.44. The van der Waals surface area contributed by atoms with Crippen molar-refractivity contribution in [2.45, 2.75) is 36.9 Å². The van der Waals surface area contributed by atoms with Crippen LogP contribution in [-0.2, 0) is 14.8 Å². The van der Waals surface area contributed by atoms with Gasteiger partial charge in [0, 0.05) is 6.42 Å². The Morgan fingerprint density at radius 2 is 2.00 bits per heavy atom. The zero-order valence-corrected chi connectivity index (χ0v) is 12.0. The zero-order valence-electron chi connectivity index (χ0n) is 11.1. The van der Waals surface area contributed by atoms with Gasteiger partial charge in [-0.1, -0.05) is 12.1 Å². The summed E-state index contributed by atoms with van der Waals surface area (Å²) >= 11 is 0. The Bertz CT molecular complexity index is 614. The summed E-state index contributed by atoms with van der Waals surface area (Å²) in [5.41, 5.74) is 0.432. The van der Waals surface area contributed by atoms with Gasteiger partial charge in [0.05, 0.1) is 17.4 Å². The lowest BCUT2D eigenvalue weighted by Crippen LogP contribution is -2.28. The first-order chi connectivity index (χ1) is 9.49. The van der Waals surface area contributed by atoms with E-state index in [9.17, 15) is 26.4 Å². The molecular formula is C12H15F3N2O3S. The van der Waals surface area contributed by atoms with Crippen molar-refractivity contribution in [1.29, 1.82) is 0 Å². The van der Waals surface area contributed by atoms with E-state index in [1.807, 2.05) is 0 Å². The number of hydrogen-bond acceptors (Lipinski definition) is 3. The van der Waals surface area contributed by atoms with Gasteiger partial charge in [0.15, 0.2) is 0 Å². The lowest BCUT2D eigenvalue weighted by Gasteiger charge is -2.15. The average molecular weight is 324 g/mol. The van der Waals surface area contributed by atoms with Crippen LogP contribution < -0.4 is 10.5 Å². The number of amides is 1. The molecule has 1 atom stereocenters. The zero-order chi connectivity index (χ0) is 16.3. The Hall–Kier alpha value is -1.61. The second-order valence-electron chi connectivity index (χ2n) is 4.52. The van der Waals surface area contributed by atoms with Crippen molar-refractivity contribution in [3.05, 3.63) is 29.8 Å². The summed E-state index contributed by atoms with van der Waals surface area (Å²) in [6.07, 6.45) is -6.28. The number of primary sulfonamides is 1. The van der Waals surface area contributed by atoms with Crippen molar-refractivity contribution in [1.82, 2.24) is 5.32 Å². The molecule has 5 nitrogen and oxygen atoms in total. The molecule has 0 aliphatic rings. The number of carbonyl (C=O) groups excluding carboxylic acids is 1. The van der Waals surface area contributed by atoms with Crippen LogP contribution in [0.3, 0.4) is 0 Å². The summed E-state index contributed by atoms with van der Waals surface area (Å²) in [4.78, 5) is 11.3. The summed E-state index contributed by atoms with van der Waals surface area (Å²) < 4.78 is 58.4. The van der Waals surface area contributed by atoms with Crippen LogP contribution in [0.4, 0.5) is 13.2 Å². The number of carbonyl (C=O) groups is 1. The van der Waals surface area contributed by atoms with Crippen molar-refractivity contribution in [3.63, 3.8) is 0 Å². The van der Waals surface area contributed by atoms with E-state index in [0.717, 1.165) is 0 Å². The molecule has 0 aliphatic heterocycles. The number of sulfonamides is 1. The number of nitrogens with one attached hydrogen (secondary N) is 1. The number of halogens is 3. The van der Waals surface area contributed by atoms with Crippen LogP contribution in [0.15, 0.2) is 29.2 Å². The maximum Gasteiger partial charge on any atom is 0.389 e. The topological polar surface area (TPSA) is 89.3 Å². The van der Waals surface area contributed by atoms with Gasteiger partial charge in [-0.05, 0) is 24.6 Å². The van der Waals surface area contributed by atoms with Crippen LogP contribution in [0.25, 0.3) is 0 Å². The lowest BCUT2D eigenvalue weighted by atomic mass is 10.1. The van der Waals surface area contributed by atoms with Gasteiger partial charge in [-0.3, -0.25) is 4.79 Å². The normalized spacial score (nSPS) is 13.8. The van der Waals surface area contributed by atoms with Gasteiger partial charge < -0.3 is 5.32 Å². The summed E-state index contributed by atoms with van der Waals surface area (Å²) in [5.74, 6) is -0.763. The SMILES string of the molecule is CC(NC(=O)CCC(F)(F)F)c1cccc(S(N)(=O)=O)c1. The van der Waals surface area contributed by atoms with Gasteiger partial charge in [-0.15, -0.1) is 0 Å². The van der Waals surface area contributed by atoms with Crippen molar-refractivity contribution in [2.75, 3.05) is 0 Å². The minimum atomic E-state index is -4.39. The maximum absolute atomic E-state index is 12.0. The van der Waals surface area contributed by atoms with E-state index >= 15 is 0 Å². The molecule has 9 heteroatoms. The molecule has 1 aromatic carbocycles. The highest BCUT2D eigenvalue weighted by Crippen LogP contribution is 2.22. The molecule has 1 aromatic rings. The van der Waals surface area contributed by atoms with E-state index in [4.69, 9.17) is 5.14 Å². The highest BCUT2D eigenvalue weighted by molar-refractivity contribution is 7.89. The first-order valence-electron chi connectivity index (χ1n) is 5.98. The Morgan fingerprint density at radius 1 is 1.38 bits per heavy atom. The fourth-order valence-electron chi connectivity index (χ4n) is 1.61. The molecule has 1 amide bonds. The van der Waals surface area contributed by atoms with Gasteiger partial charge >= 0.3 is 6.18 Å². The van der Waals surface area contributed by atoms with Crippen LogP contribution in [0.2, 0.25) is 0 Å². The summed E-state index contributed by atoms with van der Waals surface area (Å²) in [7, 11) is -3.88. The molecule has 1 rings (SSSR count). The summed E-state index contributed by atoms with van der Waals surface area (Å²) in [6.45, 7) is 1.54. The van der Waals surface area contributed by atoms with Gasteiger partial charge in [0.25, 0.3) is 0 Å².